The molecule has 4 fully saturated rings. The van der Waals surface area contributed by atoms with Crippen molar-refractivity contribution in [1.29, 1.82) is 0 Å². The minimum Gasteiger partial charge on any atom is -0.423 e. The first-order valence-electron chi connectivity index (χ1n) is 10.5. The molecule has 4 aliphatic rings. The van der Waals surface area contributed by atoms with Gasteiger partial charge in [-0.05, 0) is 57.8 Å². The van der Waals surface area contributed by atoms with E-state index in [2.05, 4.69) is 34.3 Å². The molecule has 0 spiro atoms. The molecule has 5 heterocycles. The number of nitrogens with zero attached hydrogens (tertiary/aromatic N) is 3. The van der Waals surface area contributed by atoms with E-state index in [1.807, 2.05) is 18.2 Å². The summed E-state index contributed by atoms with van der Waals surface area (Å²) >= 11 is 0. The number of carbonyl (C=O) groups is 1. The highest BCUT2D eigenvalue weighted by atomic mass is 16.4. The van der Waals surface area contributed by atoms with Crippen LogP contribution in [0, 0.1) is 5.92 Å². The molecule has 4 aliphatic heterocycles. The van der Waals surface area contributed by atoms with Gasteiger partial charge in [-0.15, -0.1) is 0 Å². The van der Waals surface area contributed by atoms with Gasteiger partial charge >= 0.3 is 0 Å². The Bertz CT molecular complexity index is 863. The van der Waals surface area contributed by atoms with Crippen LogP contribution in [0.4, 0.5) is 6.01 Å². The van der Waals surface area contributed by atoms with Gasteiger partial charge in [-0.25, -0.2) is 0 Å². The van der Waals surface area contributed by atoms with Crippen molar-refractivity contribution >= 4 is 23.0 Å². The maximum atomic E-state index is 13.1. The fourth-order valence-electron chi connectivity index (χ4n) is 5.11. The number of amides is 1. The molecule has 6 rings (SSSR count). The van der Waals surface area contributed by atoms with Crippen LogP contribution in [0.2, 0.25) is 0 Å². The lowest BCUT2D eigenvalue weighted by molar-refractivity contribution is 0.0621. The summed E-state index contributed by atoms with van der Waals surface area (Å²) in [5, 5.41) is 6.71. The van der Waals surface area contributed by atoms with Gasteiger partial charge in [0.15, 0.2) is 5.58 Å². The lowest BCUT2D eigenvalue weighted by Gasteiger charge is -2.44. The minimum atomic E-state index is -0.0365. The molecule has 0 saturated carbocycles. The van der Waals surface area contributed by atoms with Crippen molar-refractivity contribution < 1.29 is 9.21 Å². The van der Waals surface area contributed by atoms with Crippen molar-refractivity contribution in [2.24, 2.45) is 5.92 Å². The number of hydrogen-bond acceptors (Lipinski definition) is 6. The minimum absolute atomic E-state index is 0.0365. The van der Waals surface area contributed by atoms with E-state index < -0.39 is 0 Å². The van der Waals surface area contributed by atoms with Crippen molar-refractivity contribution in [3.8, 4) is 0 Å². The van der Waals surface area contributed by atoms with Crippen molar-refractivity contribution in [3.05, 3.63) is 23.8 Å². The van der Waals surface area contributed by atoms with E-state index in [1.54, 1.807) is 0 Å². The SMILES string of the molecule is C[C@H]1CNC[C@H](C)N1c1nc2c(C(=O)NC3CN4CCC3CC4)cccc2o1. The average Bonchev–Trinajstić information content (AvgIpc) is 3.12. The van der Waals surface area contributed by atoms with E-state index in [0.29, 0.717) is 40.7 Å². The zero-order valence-electron chi connectivity index (χ0n) is 16.6. The summed E-state index contributed by atoms with van der Waals surface area (Å²) in [4.78, 5) is 22.5. The smallest absolute Gasteiger partial charge is 0.298 e. The summed E-state index contributed by atoms with van der Waals surface area (Å²) in [6, 6.07) is 7.07. The first kappa shape index (κ1) is 17.9. The Morgan fingerprint density at radius 3 is 2.64 bits per heavy atom. The van der Waals surface area contributed by atoms with E-state index in [0.717, 1.165) is 19.6 Å². The van der Waals surface area contributed by atoms with Gasteiger partial charge < -0.3 is 24.9 Å². The number of fused-ring (bicyclic) bond motifs is 4. The summed E-state index contributed by atoms with van der Waals surface area (Å²) in [5.74, 6) is 0.564. The number of nitrogens with one attached hydrogen (secondary N) is 2. The molecule has 0 radical (unpaired) electrons. The Morgan fingerprint density at radius 2 is 1.96 bits per heavy atom. The maximum absolute atomic E-state index is 13.1. The predicted molar refractivity (Wildman–Crippen MR) is 109 cm³/mol. The Morgan fingerprint density at radius 1 is 1.21 bits per heavy atom. The fraction of sp³-hybridized carbons (Fsp3) is 0.619. The molecule has 0 aliphatic carbocycles. The van der Waals surface area contributed by atoms with Gasteiger partial charge in [0.25, 0.3) is 11.9 Å². The predicted octanol–water partition coefficient (Wildman–Crippen LogP) is 1.84. The van der Waals surface area contributed by atoms with Crippen LogP contribution in [-0.2, 0) is 0 Å². The van der Waals surface area contributed by atoms with Crippen molar-refractivity contribution in [1.82, 2.24) is 20.5 Å². The van der Waals surface area contributed by atoms with Crippen LogP contribution in [0.1, 0.15) is 37.0 Å². The molecule has 7 nitrogen and oxygen atoms in total. The van der Waals surface area contributed by atoms with Crippen molar-refractivity contribution in [2.75, 3.05) is 37.6 Å². The zero-order valence-corrected chi connectivity index (χ0v) is 16.6. The Hall–Kier alpha value is -2.12. The van der Waals surface area contributed by atoms with Gasteiger partial charge in [-0.1, -0.05) is 6.07 Å². The summed E-state index contributed by atoms with van der Waals surface area (Å²) in [6.07, 6.45) is 2.37. The van der Waals surface area contributed by atoms with Crippen molar-refractivity contribution in [3.63, 3.8) is 0 Å². The van der Waals surface area contributed by atoms with Crippen LogP contribution in [-0.4, -0.2) is 66.6 Å². The molecule has 3 atom stereocenters. The number of carbonyl (C=O) groups excluding carboxylic acids is 1. The number of aromatic nitrogens is 1. The number of para-hydroxylation sites is 1. The number of piperazine rings is 1. The van der Waals surface area contributed by atoms with E-state index >= 15 is 0 Å². The molecule has 1 aromatic carbocycles. The summed E-state index contributed by atoms with van der Waals surface area (Å²) in [7, 11) is 0. The highest BCUT2D eigenvalue weighted by Crippen LogP contribution is 2.30. The average molecular weight is 383 g/mol. The topological polar surface area (TPSA) is 73.6 Å². The molecule has 2 N–H and O–H groups in total. The van der Waals surface area contributed by atoms with Gasteiger partial charge in [-0.2, -0.15) is 4.98 Å². The second-order valence-electron chi connectivity index (χ2n) is 8.63. The monoisotopic (exact) mass is 383 g/mol. The molecular weight excluding hydrogens is 354 g/mol. The second-order valence-corrected chi connectivity index (χ2v) is 8.63. The second kappa shape index (κ2) is 7.04. The third-order valence-electron chi connectivity index (χ3n) is 6.68. The normalized spacial score (nSPS) is 32.6. The first-order chi connectivity index (χ1) is 13.6. The molecule has 2 aromatic rings. The highest BCUT2D eigenvalue weighted by molar-refractivity contribution is 6.04. The largest absolute Gasteiger partial charge is 0.423 e. The molecule has 7 heteroatoms. The molecule has 150 valence electrons. The van der Waals surface area contributed by atoms with E-state index in [9.17, 15) is 4.79 Å². The summed E-state index contributed by atoms with van der Waals surface area (Å²) < 4.78 is 6.08. The Labute approximate surface area is 165 Å². The number of anilines is 1. The van der Waals surface area contributed by atoms with Crippen LogP contribution >= 0.6 is 0 Å². The van der Waals surface area contributed by atoms with E-state index in [-0.39, 0.29) is 11.9 Å². The van der Waals surface area contributed by atoms with Gasteiger partial charge in [0.2, 0.25) is 0 Å². The number of rotatable bonds is 3. The quantitative estimate of drug-likeness (QED) is 0.843. The van der Waals surface area contributed by atoms with Crippen LogP contribution < -0.4 is 15.5 Å². The lowest BCUT2D eigenvalue weighted by atomic mass is 9.84. The number of oxazole rings is 1. The van der Waals surface area contributed by atoms with Crippen LogP contribution in [0.5, 0.6) is 0 Å². The molecule has 1 aromatic heterocycles. The summed E-state index contributed by atoms with van der Waals surface area (Å²) in [5.41, 5.74) is 1.95. The molecule has 28 heavy (non-hydrogen) atoms. The third kappa shape index (κ3) is 3.06. The third-order valence-corrected chi connectivity index (χ3v) is 6.68. The maximum Gasteiger partial charge on any atom is 0.298 e. The van der Waals surface area contributed by atoms with Crippen molar-refractivity contribution in [2.45, 2.75) is 44.8 Å². The zero-order chi connectivity index (χ0) is 19.3. The van der Waals surface area contributed by atoms with Gasteiger partial charge in [0.1, 0.15) is 5.52 Å². The molecule has 1 unspecified atom stereocenters. The summed E-state index contributed by atoms with van der Waals surface area (Å²) in [6.45, 7) is 9.43. The van der Waals surface area contributed by atoms with Crippen LogP contribution in [0.3, 0.4) is 0 Å². The number of benzene rings is 1. The molecular formula is C21H29N5O2. The van der Waals surface area contributed by atoms with Crippen LogP contribution in [0.25, 0.3) is 11.1 Å². The standard InChI is InChI=1S/C21H29N5O2/c1-13-10-22-11-14(2)26(13)21-24-19-16(4-3-5-18(19)28-21)20(27)23-17-12-25-8-6-15(17)7-9-25/h3-5,13-15,17,22H,6-12H2,1-2H3,(H,23,27)/t13-,14-,17?/m0/s1. The van der Waals surface area contributed by atoms with Crippen LogP contribution in [0.15, 0.2) is 22.6 Å². The Kier molecular flexibility index (Phi) is 4.51. The van der Waals surface area contributed by atoms with E-state index in [1.165, 1.54) is 25.9 Å². The lowest BCUT2D eigenvalue weighted by Crippen LogP contribution is -2.57. The number of piperidine rings is 3. The van der Waals surface area contributed by atoms with E-state index in [4.69, 9.17) is 9.40 Å². The highest BCUT2D eigenvalue weighted by Gasteiger charge is 2.35. The van der Waals surface area contributed by atoms with Gasteiger partial charge in [-0.3, -0.25) is 4.79 Å². The fourth-order valence-corrected chi connectivity index (χ4v) is 5.11. The molecule has 4 saturated heterocycles. The number of hydrogen-bond donors (Lipinski definition) is 2. The van der Waals surface area contributed by atoms with Gasteiger partial charge in [0.05, 0.1) is 5.56 Å². The molecule has 1 amide bonds. The Balaban J connectivity index is 1.42. The van der Waals surface area contributed by atoms with Gasteiger partial charge in [0, 0.05) is 37.8 Å². The molecule has 2 bridgehead atoms. The first-order valence-corrected chi connectivity index (χ1v) is 10.5.